The first-order chi connectivity index (χ1) is 14.6. The summed E-state index contributed by atoms with van der Waals surface area (Å²) >= 11 is 0. The molecule has 0 unspecified atom stereocenters. The molecule has 150 valence electrons. The van der Waals surface area contributed by atoms with Crippen molar-refractivity contribution in [2.24, 2.45) is 0 Å². The Bertz CT molecular complexity index is 1210. The number of nitrogens with one attached hydrogen (secondary N) is 1. The minimum absolute atomic E-state index is 0.00612. The van der Waals surface area contributed by atoms with Crippen LogP contribution >= 0.6 is 0 Å². The van der Waals surface area contributed by atoms with Crippen molar-refractivity contribution in [2.75, 3.05) is 12.4 Å². The molecule has 0 fully saturated rings. The number of hydrogen-bond acceptors (Lipinski definition) is 6. The number of ether oxygens (including phenoxy) is 1. The van der Waals surface area contributed by atoms with E-state index < -0.39 is 17.5 Å². The minimum atomic E-state index is -0.743. The van der Waals surface area contributed by atoms with Gasteiger partial charge in [0.2, 0.25) is 5.82 Å². The third-order valence-corrected chi connectivity index (χ3v) is 4.21. The van der Waals surface area contributed by atoms with E-state index in [1.165, 1.54) is 43.6 Å². The average molecular weight is 408 g/mol. The average Bonchev–Trinajstić information content (AvgIpc) is 3.25. The van der Waals surface area contributed by atoms with Gasteiger partial charge >= 0.3 is 0 Å². The van der Waals surface area contributed by atoms with Crippen LogP contribution in [-0.4, -0.2) is 28.1 Å². The van der Waals surface area contributed by atoms with Crippen LogP contribution in [0.15, 0.2) is 65.3 Å². The molecule has 0 aliphatic heterocycles. The summed E-state index contributed by atoms with van der Waals surface area (Å²) in [4.78, 5) is 20.3. The van der Waals surface area contributed by atoms with Gasteiger partial charge in [-0.25, -0.2) is 8.78 Å². The van der Waals surface area contributed by atoms with Gasteiger partial charge in [0, 0.05) is 12.3 Å². The molecule has 0 atom stereocenters. The molecule has 0 aliphatic carbocycles. The Hall–Kier alpha value is -4.14. The van der Waals surface area contributed by atoms with E-state index in [4.69, 9.17) is 9.26 Å². The number of hydrogen-bond donors (Lipinski definition) is 1. The zero-order valence-electron chi connectivity index (χ0n) is 15.6. The maximum Gasteiger partial charge on any atom is 0.274 e. The molecule has 0 saturated heterocycles. The second-order valence-corrected chi connectivity index (χ2v) is 6.10. The summed E-state index contributed by atoms with van der Waals surface area (Å²) in [5, 5.41) is 6.24. The van der Waals surface area contributed by atoms with Crippen LogP contribution in [-0.2, 0) is 0 Å². The van der Waals surface area contributed by atoms with Gasteiger partial charge in [0.1, 0.15) is 23.1 Å². The zero-order chi connectivity index (χ0) is 21.1. The molecule has 0 bridgehead atoms. The van der Waals surface area contributed by atoms with Crippen molar-refractivity contribution in [1.29, 1.82) is 0 Å². The van der Waals surface area contributed by atoms with Crippen molar-refractivity contribution < 1.29 is 22.8 Å². The third kappa shape index (κ3) is 3.72. The first-order valence-corrected chi connectivity index (χ1v) is 8.75. The molecule has 9 heteroatoms. The fraction of sp³-hybridized carbons (Fsp3) is 0.0476. The highest BCUT2D eigenvalue weighted by Crippen LogP contribution is 2.34. The molecule has 30 heavy (non-hydrogen) atoms. The van der Waals surface area contributed by atoms with Crippen molar-refractivity contribution >= 4 is 11.6 Å². The summed E-state index contributed by atoms with van der Waals surface area (Å²) in [6.07, 6.45) is 1.46. The van der Waals surface area contributed by atoms with Crippen molar-refractivity contribution in [2.45, 2.75) is 0 Å². The molecule has 0 spiro atoms. The summed E-state index contributed by atoms with van der Waals surface area (Å²) in [5.41, 5.74) is 0.323. The summed E-state index contributed by atoms with van der Waals surface area (Å²) < 4.78 is 39.1. The molecule has 4 rings (SSSR count). The third-order valence-electron chi connectivity index (χ3n) is 4.21. The molecule has 0 aliphatic rings. The Labute approximate surface area is 169 Å². The lowest BCUT2D eigenvalue weighted by Gasteiger charge is -2.11. The first kappa shape index (κ1) is 19.2. The predicted octanol–water partition coefficient (Wildman–Crippen LogP) is 4.34. The van der Waals surface area contributed by atoms with E-state index in [0.29, 0.717) is 0 Å². The second-order valence-electron chi connectivity index (χ2n) is 6.10. The molecule has 7 nitrogen and oxygen atoms in total. The van der Waals surface area contributed by atoms with Gasteiger partial charge in [0.25, 0.3) is 11.8 Å². The largest absolute Gasteiger partial charge is 0.496 e. The van der Waals surface area contributed by atoms with Gasteiger partial charge in [-0.2, -0.15) is 4.98 Å². The number of pyridine rings is 1. The highest BCUT2D eigenvalue weighted by Gasteiger charge is 2.20. The van der Waals surface area contributed by atoms with Gasteiger partial charge in [-0.05, 0) is 30.3 Å². The number of rotatable bonds is 5. The maximum absolute atomic E-state index is 14.7. The minimum Gasteiger partial charge on any atom is -0.496 e. The molecule has 1 N–H and O–H groups in total. The van der Waals surface area contributed by atoms with E-state index in [2.05, 4.69) is 20.4 Å². The molecule has 2 heterocycles. The van der Waals surface area contributed by atoms with Crippen molar-refractivity contribution in [3.63, 3.8) is 0 Å². The number of amides is 1. The van der Waals surface area contributed by atoms with E-state index in [1.807, 2.05) is 0 Å². The SMILES string of the molecule is COc1cc(NC(=O)c2ccccn2)c(F)cc1-c1noc(-c2ccccc2F)n1. The summed E-state index contributed by atoms with van der Waals surface area (Å²) in [5.74, 6) is -1.71. The molecule has 0 radical (unpaired) electrons. The Balaban J connectivity index is 1.66. The fourth-order valence-electron chi connectivity index (χ4n) is 2.75. The van der Waals surface area contributed by atoms with E-state index in [-0.39, 0.29) is 40.0 Å². The van der Waals surface area contributed by atoms with Gasteiger partial charge in [0.15, 0.2) is 0 Å². The first-order valence-electron chi connectivity index (χ1n) is 8.75. The van der Waals surface area contributed by atoms with Crippen LogP contribution in [0.5, 0.6) is 5.75 Å². The molecular formula is C21H14F2N4O3. The van der Waals surface area contributed by atoms with Crippen molar-refractivity contribution in [3.8, 4) is 28.6 Å². The number of aromatic nitrogens is 3. The number of nitrogens with zero attached hydrogens (tertiary/aromatic N) is 3. The number of carbonyl (C=O) groups is 1. The number of halogens is 2. The monoisotopic (exact) mass is 408 g/mol. The number of carbonyl (C=O) groups excluding carboxylic acids is 1. The summed E-state index contributed by atoms with van der Waals surface area (Å²) in [6.45, 7) is 0. The maximum atomic E-state index is 14.7. The molecular weight excluding hydrogens is 394 g/mol. The number of anilines is 1. The lowest BCUT2D eigenvalue weighted by Crippen LogP contribution is -2.14. The zero-order valence-corrected chi connectivity index (χ0v) is 15.6. The van der Waals surface area contributed by atoms with Crippen molar-refractivity contribution in [1.82, 2.24) is 15.1 Å². The topological polar surface area (TPSA) is 90.1 Å². The summed E-state index contributed by atoms with van der Waals surface area (Å²) in [7, 11) is 1.37. The number of benzene rings is 2. The van der Waals surface area contributed by atoms with Gasteiger partial charge in [-0.1, -0.05) is 23.4 Å². The Morgan fingerprint density at radius 2 is 1.83 bits per heavy atom. The molecule has 0 saturated carbocycles. The lowest BCUT2D eigenvalue weighted by molar-refractivity contribution is 0.102. The van der Waals surface area contributed by atoms with Gasteiger partial charge in [-0.3, -0.25) is 9.78 Å². The van der Waals surface area contributed by atoms with E-state index in [1.54, 1.807) is 18.2 Å². The van der Waals surface area contributed by atoms with Crippen LogP contribution in [0.2, 0.25) is 0 Å². The van der Waals surface area contributed by atoms with Crippen LogP contribution in [0, 0.1) is 11.6 Å². The number of methoxy groups -OCH3 is 1. The quantitative estimate of drug-likeness (QED) is 0.528. The molecule has 2 aromatic carbocycles. The highest BCUT2D eigenvalue weighted by atomic mass is 19.1. The smallest absolute Gasteiger partial charge is 0.274 e. The summed E-state index contributed by atoms with van der Waals surface area (Å²) in [6, 6.07) is 13.1. The fourth-order valence-corrected chi connectivity index (χ4v) is 2.75. The van der Waals surface area contributed by atoms with E-state index in [0.717, 1.165) is 6.07 Å². The van der Waals surface area contributed by atoms with E-state index in [9.17, 15) is 13.6 Å². The molecule has 1 amide bonds. The van der Waals surface area contributed by atoms with Crippen molar-refractivity contribution in [3.05, 3.63) is 78.1 Å². The van der Waals surface area contributed by atoms with Gasteiger partial charge in [0.05, 0.1) is 23.9 Å². The highest BCUT2D eigenvalue weighted by molar-refractivity contribution is 6.03. The standard InChI is InChI=1S/C21H14F2N4O3/c1-29-18-11-17(25-20(28)16-8-4-5-9-24-16)15(23)10-13(18)19-26-21(30-27-19)12-6-2-3-7-14(12)22/h2-11H,1H3,(H,25,28). The van der Waals surface area contributed by atoms with E-state index >= 15 is 0 Å². The van der Waals surface area contributed by atoms with Crippen LogP contribution < -0.4 is 10.1 Å². The lowest BCUT2D eigenvalue weighted by atomic mass is 10.1. The van der Waals surface area contributed by atoms with Gasteiger partial charge < -0.3 is 14.6 Å². The van der Waals surface area contributed by atoms with Crippen LogP contribution in [0.25, 0.3) is 22.8 Å². The normalized spacial score (nSPS) is 10.6. The Kier molecular flexibility index (Phi) is 5.17. The second kappa shape index (κ2) is 8.08. The molecule has 2 aromatic heterocycles. The Morgan fingerprint density at radius 3 is 2.57 bits per heavy atom. The van der Waals surface area contributed by atoms with Crippen LogP contribution in [0.1, 0.15) is 10.5 Å². The van der Waals surface area contributed by atoms with Crippen LogP contribution in [0.4, 0.5) is 14.5 Å². The Morgan fingerprint density at radius 1 is 1.03 bits per heavy atom. The predicted molar refractivity (Wildman–Crippen MR) is 104 cm³/mol. The van der Waals surface area contributed by atoms with Gasteiger partial charge in [-0.15, -0.1) is 0 Å². The van der Waals surface area contributed by atoms with Crippen LogP contribution in [0.3, 0.4) is 0 Å². The molecule has 4 aromatic rings.